The smallest absolute Gasteiger partial charge is 0.121 e. The lowest BCUT2D eigenvalue weighted by molar-refractivity contribution is 0.122. The third kappa shape index (κ3) is 23.3. The molecule has 0 bridgehead atoms. The number of aliphatic hydroxyl groups is 4. The van der Waals surface area contributed by atoms with Gasteiger partial charge >= 0.3 is 0 Å². The average Bonchev–Trinajstić information content (AvgIpc) is 3.28. The highest BCUT2D eigenvalue weighted by atomic mass is 16.5. The van der Waals surface area contributed by atoms with E-state index < -0.39 is 12.2 Å². The van der Waals surface area contributed by atoms with Gasteiger partial charge in [-0.05, 0) is 131 Å². The van der Waals surface area contributed by atoms with Gasteiger partial charge in [-0.3, -0.25) is 0 Å². The molecule has 0 aliphatic carbocycles. The molecule has 0 heterocycles. The van der Waals surface area contributed by atoms with Crippen molar-refractivity contribution in [3.05, 3.63) is 130 Å². The summed E-state index contributed by atoms with van der Waals surface area (Å²) in [5.74, 6) is 0.112. The zero-order chi connectivity index (χ0) is 43.8. The van der Waals surface area contributed by atoms with Gasteiger partial charge in [0, 0.05) is 50.6 Å². The zero-order valence-electron chi connectivity index (χ0n) is 36.8. The molecule has 0 spiro atoms. The standard InChI is InChI=1S/C26H39NO4.C25H37NO4/c1-27(20-26(30)23-14-15-25(29)24(19-23)21-28)16-8-2-3-9-17-31-18-10-7-13-22-11-5-4-6-12-22;27-20-23-18-22(13-14-24(23)28)25(29)19-26-15-7-1-2-8-16-30-17-9-6-12-21-10-4-3-5-11-21/h4-6,11-12,14-15,19,26,28-30H,2-3,7-10,13,16-18,20-21H2,1H3;3-5,10-11,13-14,18,25-29H,1-2,6-9,12,15-17,19-20H2. The number of hydrogen-bond acceptors (Lipinski definition) is 10. The third-order valence-corrected chi connectivity index (χ3v) is 10.8. The van der Waals surface area contributed by atoms with Crippen LogP contribution in [0.4, 0.5) is 0 Å². The highest BCUT2D eigenvalue weighted by Gasteiger charge is 2.13. The van der Waals surface area contributed by atoms with Crippen LogP contribution in [0.25, 0.3) is 0 Å². The Bertz CT molecular complexity index is 1660. The molecule has 0 aliphatic heterocycles. The minimum Gasteiger partial charge on any atom is -0.508 e. The van der Waals surface area contributed by atoms with Crippen molar-refractivity contribution >= 4 is 0 Å². The number of unbranched alkanes of at least 4 members (excludes halogenated alkanes) is 8. The lowest BCUT2D eigenvalue weighted by Gasteiger charge is -2.21. The van der Waals surface area contributed by atoms with Crippen LogP contribution in [-0.2, 0) is 35.5 Å². The summed E-state index contributed by atoms with van der Waals surface area (Å²) in [7, 11) is 2.01. The number of aliphatic hydroxyl groups excluding tert-OH is 4. The largest absolute Gasteiger partial charge is 0.508 e. The number of ether oxygens (including phenoxy) is 2. The van der Waals surface area contributed by atoms with Crippen molar-refractivity contribution in [2.24, 2.45) is 0 Å². The monoisotopic (exact) mass is 845 g/mol. The summed E-state index contributed by atoms with van der Waals surface area (Å²) in [5, 5.41) is 61.5. The van der Waals surface area contributed by atoms with E-state index in [0.717, 1.165) is 122 Å². The third-order valence-electron chi connectivity index (χ3n) is 10.8. The highest BCUT2D eigenvalue weighted by Crippen LogP contribution is 2.24. The maximum atomic E-state index is 10.4. The number of phenols is 2. The molecule has 0 aromatic heterocycles. The van der Waals surface area contributed by atoms with Gasteiger partial charge in [0.15, 0.2) is 0 Å². The molecule has 2 unspecified atom stereocenters. The van der Waals surface area contributed by atoms with Gasteiger partial charge in [0.05, 0.1) is 25.4 Å². The van der Waals surface area contributed by atoms with Crippen molar-refractivity contribution in [3.8, 4) is 11.5 Å². The molecule has 7 N–H and O–H groups in total. The first-order valence-corrected chi connectivity index (χ1v) is 22.6. The predicted octanol–water partition coefficient (Wildman–Crippen LogP) is 8.56. The number of hydrogen-bond donors (Lipinski definition) is 7. The van der Waals surface area contributed by atoms with Crippen LogP contribution in [0, 0.1) is 0 Å². The predicted molar refractivity (Wildman–Crippen MR) is 246 cm³/mol. The molecule has 0 amide bonds. The van der Waals surface area contributed by atoms with Gasteiger partial charge in [-0.1, -0.05) is 98.5 Å². The molecule has 10 nitrogen and oxygen atoms in total. The van der Waals surface area contributed by atoms with E-state index in [1.807, 2.05) is 7.05 Å². The van der Waals surface area contributed by atoms with Gasteiger partial charge in [0.1, 0.15) is 11.5 Å². The number of nitrogens with zero attached hydrogens (tertiary/aromatic N) is 1. The minimum absolute atomic E-state index is 0.0533. The lowest BCUT2D eigenvalue weighted by atomic mass is 10.0. The number of nitrogens with one attached hydrogen (secondary N) is 1. The Balaban J connectivity index is 0.000000325. The molecule has 4 rings (SSSR count). The Labute approximate surface area is 366 Å². The molecule has 10 heteroatoms. The van der Waals surface area contributed by atoms with Crippen LogP contribution in [0.2, 0.25) is 0 Å². The Morgan fingerprint density at radius 1 is 0.525 bits per heavy atom. The summed E-state index contributed by atoms with van der Waals surface area (Å²) >= 11 is 0. The van der Waals surface area contributed by atoms with E-state index in [1.165, 1.54) is 36.1 Å². The number of rotatable bonds is 32. The molecule has 0 radical (unpaired) electrons. The second-order valence-corrected chi connectivity index (χ2v) is 16.0. The quantitative estimate of drug-likeness (QED) is 0.0238. The maximum Gasteiger partial charge on any atom is 0.121 e. The molecule has 4 aromatic carbocycles. The van der Waals surface area contributed by atoms with Crippen LogP contribution in [-0.4, -0.2) is 95.2 Å². The lowest BCUT2D eigenvalue weighted by Crippen LogP contribution is -2.25. The van der Waals surface area contributed by atoms with Crippen LogP contribution in [0.3, 0.4) is 0 Å². The summed E-state index contributed by atoms with van der Waals surface area (Å²) in [4.78, 5) is 2.12. The number of likely N-dealkylation sites (N-methyl/N-ethyl adjacent to an activating group) is 1. The second-order valence-electron chi connectivity index (χ2n) is 16.0. The molecule has 0 saturated carbocycles. The summed E-state index contributed by atoms with van der Waals surface area (Å²) in [6.45, 7) is 5.69. The normalized spacial score (nSPS) is 12.3. The van der Waals surface area contributed by atoms with Gasteiger partial charge < -0.3 is 50.3 Å². The second kappa shape index (κ2) is 32.8. The first-order valence-electron chi connectivity index (χ1n) is 22.6. The van der Waals surface area contributed by atoms with Gasteiger partial charge in [-0.25, -0.2) is 0 Å². The van der Waals surface area contributed by atoms with E-state index in [-0.39, 0.29) is 24.7 Å². The summed E-state index contributed by atoms with van der Waals surface area (Å²) in [6, 6.07) is 30.9. The van der Waals surface area contributed by atoms with Crippen molar-refractivity contribution in [2.75, 3.05) is 59.7 Å². The fraction of sp³-hybridized carbons (Fsp3) is 0.529. The number of benzene rings is 4. The van der Waals surface area contributed by atoms with Gasteiger partial charge in [0.25, 0.3) is 0 Å². The van der Waals surface area contributed by atoms with Crippen molar-refractivity contribution < 1.29 is 40.1 Å². The Kier molecular flexibility index (Phi) is 27.7. The van der Waals surface area contributed by atoms with E-state index in [4.69, 9.17) is 9.47 Å². The Hall–Kier alpha value is -3.84. The van der Waals surface area contributed by atoms with E-state index in [9.17, 15) is 30.6 Å². The van der Waals surface area contributed by atoms with Crippen molar-refractivity contribution in [2.45, 2.75) is 115 Å². The fourth-order valence-corrected chi connectivity index (χ4v) is 7.03. The minimum atomic E-state index is -0.647. The number of aromatic hydroxyl groups is 2. The molecule has 0 saturated heterocycles. The summed E-state index contributed by atoms with van der Waals surface area (Å²) < 4.78 is 11.5. The van der Waals surface area contributed by atoms with Crippen LogP contribution in [0.1, 0.15) is 123 Å². The topological polar surface area (TPSA) is 155 Å². The van der Waals surface area contributed by atoms with E-state index in [0.29, 0.717) is 29.8 Å². The molecule has 4 aromatic rings. The first kappa shape index (κ1) is 51.5. The molecule has 338 valence electrons. The maximum absolute atomic E-state index is 10.4. The molecule has 2 atom stereocenters. The van der Waals surface area contributed by atoms with Gasteiger partial charge in [0.2, 0.25) is 0 Å². The summed E-state index contributed by atoms with van der Waals surface area (Å²) in [5.41, 5.74) is 5.09. The van der Waals surface area contributed by atoms with Gasteiger partial charge in [-0.2, -0.15) is 0 Å². The molecule has 61 heavy (non-hydrogen) atoms. The van der Waals surface area contributed by atoms with E-state index >= 15 is 0 Å². The van der Waals surface area contributed by atoms with Crippen molar-refractivity contribution in [1.82, 2.24) is 10.2 Å². The zero-order valence-corrected chi connectivity index (χ0v) is 36.8. The van der Waals surface area contributed by atoms with Crippen molar-refractivity contribution in [3.63, 3.8) is 0 Å². The molecule has 0 aliphatic rings. The molecular weight excluding hydrogens is 769 g/mol. The Morgan fingerprint density at radius 3 is 1.46 bits per heavy atom. The van der Waals surface area contributed by atoms with Crippen LogP contribution in [0.15, 0.2) is 97.1 Å². The van der Waals surface area contributed by atoms with Crippen LogP contribution < -0.4 is 5.32 Å². The van der Waals surface area contributed by atoms with Gasteiger partial charge in [-0.15, -0.1) is 0 Å². The summed E-state index contributed by atoms with van der Waals surface area (Å²) in [6.07, 6.45) is 14.5. The SMILES string of the molecule is CN(CCCCCCOCCCCc1ccccc1)CC(O)c1ccc(O)c(CO)c1.OCc1cc(C(O)CNCCCCCCOCCCCc2ccccc2)ccc1O. The average molecular weight is 845 g/mol. The van der Waals surface area contributed by atoms with Crippen LogP contribution >= 0.6 is 0 Å². The van der Waals surface area contributed by atoms with E-state index in [1.54, 1.807) is 24.3 Å². The Morgan fingerprint density at radius 2 is 0.967 bits per heavy atom. The van der Waals surface area contributed by atoms with E-state index in [2.05, 4.69) is 70.9 Å². The highest BCUT2D eigenvalue weighted by molar-refractivity contribution is 5.37. The molecular formula is C51H76N2O8. The first-order chi connectivity index (χ1) is 29.8. The van der Waals surface area contributed by atoms with Crippen molar-refractivity contribution in [1.29, 1.82) is 0 Å². The molecule has 0 fully saturated rings. The fourth-order valence-electron chi connectivity index (χ4n) is 7.03. The van der Waals surface area contributed by atoms with Crippen LogP contribution in [0.5, 0.6) is 11.5 Å². The number of aryl methyl sites for hydroxylation is 2.